The van der Waals surface area contributed by atoms with Crippen molar-refractivity contribution in [3.8, 4) is 0 Å². The van der Waals surface area contributed by atoms with Crippen molar-refractivity contribution in [3.05, 3.63) is 90.8 Å². The Morgan fingerprint density at radius 2 is 0.484 bits per heavy atom. The fourth-order valence-corrected chi connectivity index (χ4v) is 7.93. The van der Waals surface area contributed by atoms with Crippen molar-refractivity contribution in [2.75, 3.05) is 0 Å². The molecular formula is C32H44Br4F4N12O8S4. The lowest BCUT2D eigenvalue weighted by molar-refractivity contribution is 0.174. The Hall–Kier alpha value is -2.40. The minimum atomic E-state index is -3.99. The summed E-state index contributed by atoms with van der Waals surface area (Å²) in [7, 11) is -15.9. The predicted octanol–water partition coefficient (Wildman–Crippen LogP) is 4.40. The second kappa shape index (κ2) is 22.6. The van der Waals surface area contributed by atoms with E-state index in [4.69, 9.17) is 20.6 Å². The Morgan fingerprint density at radius 3 is 0.578 bits per heavy atom. The van der Waals surface area contributed by atoms with E-state index in [0.717, 1.165) is 27.7 Å². The van der Waals surface area contributed by atoms with Gasteiger partial charge in [0.15, 0.2) is 46.0 Å². The van der Waals surface area contributed by atoms with E-state index in [1.807, 2.05) is 0 Å². The number of aromatic nitrogens is 8. The Morgan fingerprint density at radius 1 is 0.375 bits per heavy atom. The monoisotopic (exact) mass is 1240 g/mol. The number of rotatable bonds is 12. The van der Waals surface area contributed by atoms with Gasteiger partial charge in [-0.15, -0.1) is 0 Å². The highest BCUT2D eigenvalue weighted by Gasteiger charge is 2.45. The minimum absolute atomic E-state index is 0.211. The summed E-state index contributed by atoms with van der Waals surface area (Å²) >= 11 is 12.4. The zero-order valence-corrected chi connectivity index (χ0v) is 44.3. The van der Waals surface area contributed by atoms with Crippen LogP contribution in [0.4, 0.5) is 17.6 Å². The van der Waals surface area contributed by atoms with Gasteiger partial charge in [-0.05, 0) is 119 Å². The molecule has 0 aliphatic heterocycles. The van der Waals surface area contributed by atoms with E-state index in [2.05, 4.69) is 104 Å². The van der Waals surface area contributed by atoms with E-state index in [9.17, 15) is 51.2 Å². The zero-order valence-electron chi connectivity index (χ0n) is 34.7. The van der Waals surface area contributed by atoms with E-state index >= 15 is 0 Å². The van der Waals surface area contributed by atoms with Crippen LogP contribution in [0, 0.1) is 0 Å². The molecule has 0 amide bonds. The lowest BCUT2D eigenvalue weighted by Crippen LogP contribution is -2.41. The Bertz CT molecular complexity index is 2260. The van der Waals surface area contributed by atoms with Crippen LogP contribution in [-0.2, 0) is 62.8 Å². The largest absolute Gasteiger partial charge is 0.237 e. The average molecular weight is 1250 g/mol. The van der Waals surface area contributed by atoms with Gasteiger partial charge in [-0.1, -0.05) is 0 Å². The summed E-state index contributed by atoms with van der Waals surface area (Å²) in [6, 6.07) is 0. The van der Waals surface area contributed by atoms with Gasteiger partial charge in [-0.3, -0.25) is 0 Å². The van der Waals surface area contributed by atoms with Crippen molar-refractivity contribution in [3.63, 3.8) is 0 Å². The van der Waals surface area contributed by atoms with Crippen LogP contribution in [0.1, 0.15) is 78.7 Å². The van der Waals surface area contributed by atoms with E-state index in [0.29, 0.717) is 17.9 Å². The molecule has 4 aromatic heterocycles. The van der Waals surface area contributed by atoms with Gasteiger partial charge < -0.3 is 0 Å². The van der Waals surface area contributed by atoms with Crippen molar-refractivity contribution in [2.24, 2.45) is 20.6 Å². The van der Waals surface area contributed by atoms with E-state index in [1.165, 1.54) is 77.3 Å². The minimum Gasteiger partial charge on any atom is -0.237 e. The molecular weight excluding hydrogens is 1200 g/mol. The van der Waals surface area contributed by atoms with Gasteiger partial charge in [-0.25, -0.2) is 112 Å². The molecule has 0 aliphatic carbocycles. The highest BCUT2D eigenvalue weighted by atomic mass is 79.9. The summed E-state index contributed by atoms with van der Waals surface area (Å²) in [5.41, 5.74) is -8.91. The molecule has 8 N–H and O–H groups in total. The quantitative estimate of drug-likeness (QED) is 0.143. The van der Waals surface area contributed by atoms with Gasteiger partial charge in [0.05, 0.1) is 17.9 Å². The fraction of sp³-hybridized carbons (Fsp3) is 0.500. The normalized spacial score (nSPS) is 17.8. The van der Waals surface area contributed by atoms with Crippen LogP contribution in [-0.4, -0.2) is 94.5 Å². The highest BCUT2D eigenvalue weighted by molar-refractivity contribution is 9.11. The standard InChI is InChI=1S/4C8H11BrFN3O2S/c4*1-5(16(11,14)15)8(2,10)7-12-3-6(9)4-13-7/h4*3-5H,1-2H3,(H2,11,14,15)/t2*5-,8+;2*5-,8-/m1010/s1. The van der Waals surface area contributed by atoms with Crippen molar-refractivity contribution in [1.29, 1.82) is 0 Å². The molecule has 0 fully saturated rings. The summed E-state index contributed by atoms with van der Waals surface area (Å²) in [5, 5.41) is 13.9. The zero-order chi connectivity index (χ0) is 50.2. The molecule has 4 aromatic rings. The second-order valence-corrected chi connectivity index (χ2v) is 25.3. The third kappa shape index (κ3) is 17.0. The molecule has 8 atom stereocenters. The molecule has 0 unspecified atom stereocenters. The molecule has 0 saturated heterocycles. The molecule has 0 aliphatic rings. The molecule has 0 spiro atoms. The molecule has 4 heterocycles. The Kier molecular flexibility index (Phi) is 21.0. The number of hydrogen-bond acceptors (Lipinski definition) is 16. The Labute approximate surface area is 402 Å². The third-order valence-corrected chi connectivity index (χ3v) is 16.6. The maximum atomic E-state index is 14.2. The molecule has 32 heteroatoms. The van der Waals surface area contributed by atoms with Crippen LogP contribution < -0.4 is 20.6 Å². The first-order chi connectivity index (χ1) is 28.6. The van der Waals surface area contributed by atoms with Gasteiger partial charge in [0.1, 0.15) is 21.0 Å². The Balaban J connectivity index is 0.000000427. The summed E-state index contributed by atoms with van der Waals surface area (Å²) in [4.78, 5) is 29.9. The summed E-state index contributed by atoms with van der Waals surface area (Å²) in [6.45, 7) is 9.08. The predicted molar refractivity (Wildman–Crippen MR) is 243 cm³/mol. The van der Waals surface area contributed by atoms with Gasteiger partial charge in [0, 0.05) is 49.6 Å². The number of nitrogens with zero attached hydrogens (tertiary/aromatic N) is 8. The van der Waals surface area contributed by atoms with Gasteiger partial charge >= 0.3 is 0 Å². The maximum absolute atomic E-state index is 14.2. The topological polar surface area (TPSA) is 344 Å². The summed E-state index contributed by atoms with van der Waals surface area (Å²) < 4.78 is 148. The summed E-state index contributed by atoms with van der Waals surface area (Å²) in [5.74, 6) is -0.844. The molecule has 0 radical (unpaired) electrons. The van der Waals surface area contributed by atoms with Crippen LogP contribution >= 0.6 is 63.7 Å². The first-order valence-corrected chi connectivity index (χ1v) is 27.0. The van der Waals surface area contributed by atoms with Crippen molar-refractivity contribution in [1.82, 2.24) is 39.9 Å². The van der Waals surface area contributed by atoms with Crippen LogP contribution in [0.15, 0.2) is 67.5 Å². The fourth-order valence-electron chi connectivity index (χ4n) is 4.22. The first kappa shape index (κ1) is 59.6. The number of alkyl halides is 4. The lowest BCUT2D eigenvalue weighted by atomic mass is 10.0. The van der Waals surface area contributed by atoms with E-state index < -0.39 is 83.8 Å². The lowest BCUT2D eigenvalue weighted by Gasteiger charge is -2.24. The first-order valence-electron chi connectivity index (χ1n) is 17.4. The van der Waals surface area contributed by atoms with E-state index in [1.54, 1.807) is 0 Å². The van der Waals surface area contributed by atoms with Crippen molar-refractivity contribution < 1.29 is 51.2 Å². The number of primary sulfonamides is 4. The van der Waals surface area contributed by atoms with Crippen LogP contribution in [0.3, 0.4) is 0 Å². The maximum Gasteiger partial charge on any atom is 0.215 e. The average Bonchev–Trinajstić information content (AvgIpc) is 3.16. The van der Waals surface area contributed by atoms with Gasteiger partial charge in [-0.2, -0.15) is 0 Å². The van der Waals surface area contributed by atoms with Crippen molar-refractivity contribution >= 4 is 104 Å². The molecule has 20 nitrogen and oxygen atoms in total. The molecule has 0 bridgehead atoms. The molecule has 0 saturated carbocycles. The number of sulfonamides is 4. The third-order valence-electron chi connectivity index (χ3n) is 9.26. The number of nitrogens with two attached hydrogens (primary N) is 4. The number of halogens is 8. The van der Waals surface area contributed by atoms with E-state index in [-0.39, 0.29) is 23.3 Å². The summed E-state index contributed by atoms with van der Waals surface area (Å²) in [6.07, 6.45) is 10.7. The second-order valence-electron chi connectivity index (χ2n) is 14.1. The van der Waals surface area contributed by atoms with Crippen LogP contribution in [0.5, 0.6) is 0 Å². The molecule has 4 rings (SSSR count). The van der Waals surface area contributed by atoms with Gasteiger partial charge in [0.2, 0.25) is 40.1 Å². The van der Waals surface area contributed by atoms with Crippen LogP contribution in [0.25, 0.3) is 0 Å². The molecule has 360 valence electrons. The van der Waals surface area contributed by atoms with Crippen molar-refractivity contribution in [2.45, 2.75) is 99.1 Å². The SMILES string of the molecule is C[C@@H]([C@@](C)(F)c1ncc(Br)cn1)S(N)(=O)=O.C[C@@H]([C@](C)(F)c1ncc(Br)cn1)S(N)(=O)=O.C[C@H]([C@@](C)(F)c1ncc(Br)cn1)S(N)(=O)=O.C[C@H]([C@](C)(F)c1ncc(Br)cn1)S(N)(=O)=O. The smallest absolute Gasteiger partial charge is 0.215 e. The molecule has 64 heavy (non-hydrogen) atoms. The number of hydrogen-bond donors (Lipinski definition) is 4. The highest BCUT2D eigenvalue weighted by Crippen LogP contribution is 2.33. The molecule has 0 aromatic carbocycles. The van der Waals surface area contributed by atoms with Crippen LogP contribution in [0.2, 0.25) is 0 Å². The van der Waals surface area contributed by atoms with Gasteiger partial charge in [0.25, 0.3) is 0 Å².